The van der Waals surface area contributed by atoms with Crippen LogP contribution >= 0.6 is 0 Å². The minimum atomic E-state index is -0.420. The van der Waals surface area contributed by atoms with Crippen molar-refractivity contribution in [2.24, 2.45) is 5.10 Å². The maximum Gasteiger partial charge on any atom is 0.339 e. The van der Waals surface area contributed by atoms with Gasteiger partial charge in [-0.25, -0.2) is 10.2 Å². The summed E-state index contributed by atoms with van der Waals surface area (Å²) in [6, 6.07) is 14.9. The van der Waals surface area contributed by atoms with Gasteiger partial charge in [-0.2, -0.15) is 5.10 Å². The summed E-state index contributed by atoms with van der Waals surface area (Å²) in [5, 5.41) is 7.82. The van der Waals surface area contributed by atoms with Crippen molar-refractivity contribution < 1.29 is 14.3 Å². The largest absolute Gasteiger partial charge is 0.378 e. The molecular formula is C23H25N5O3. The highest BCUT2D eigenvalue weighted by molar-refractivity contribution is 6.00. The first kappa shape index (κ1) is 20.6. The van der Waals surface area contributed by atoms with E-state index in [2.05, 4.69) is 15.8 Å². The Balaban J connectivity index is 1.45. The summed E-state index contributed by atoms with van der Waals surface area (Å²) in [6.45, 7) is 4.55. The number of aromatic nitrogens is 1. The lowest BCUT2D eigenvalue weighted by atomic mass is 10.2. The predicted molar refractivity (Wildman–Crippen MR) is 120 cm³/mol. The second-order valence-electron chi connectivity index (χ2n) is 7.36. The van der Waals surface area contributed by atoms with Gasteiger partial charge in [0.1, 0.15) is 6.54 Å². The van der Waals surface area contributed by atoms with Gasteiger partial charge in [-0.05, 0) is 24.6 Å². The number of nitrogens with zero attached hydrogens (tertiary/aromatic N) is 3. The van der Waals surface area contributed by atoms with E-state index in [1.54, 1.807) is 6.21 Å². The number of para-hydroxylation sites is 2. The highest BCUT2D eigenvalue weighted by Crippen LogP contribution is 2.20. The lowest BCUT2D eigenvalue weighted by Crippen LogP contribution is -2.42. The van der Waals surface area contributed by atoms with E-state index in [9.17, 15) is 9.59 Å². The molecule has 0 atom stereocenters. The average molecular weight is 419 g/mol. The molecule has 1 fully saturated rings. The number of carbonyl (C=O) groups is 2. The van der Waals surface area contributed by atoms with Crippen LogP contribution in [-0.4, -0.2) is 53.9 Å². The van der Waals surface area contributed by atoms with Crippen molar-refractivity contribution in [2.75, 3.05) is 31.6 Å². The van der Waals surface area contributed by atoms with E-state index in [0.29, 0.717) is 26.3 Å². The first-order chi connectivity index (χ1) is 15.1. The first-order valence-corrected chi connectivity index (χ1v) is 10.2. The molecule has 2 aromatic carbocycles. The number of hydrogen-bond donors (Lipinski definition) is 2. The SMILES string of the molecule is Cc1ccccc1NC(=O)N/N=C/c1cn(CC(=O)N2CCOCC2)c2ccccc12. The fourth-order valence-corrected chi connectivity index (χ4v) is 3.59. The number of amides is 3. The van der Waals surface area contributed by atoms with E-state index in [1.165, 1.54) is 0 Å². The molecule has 8 nitrogen and oxygen atoms in total. The zero-order valence-corrected chi connectivity index (χ0v) is 17.4. The Morgan fingerprint density at radius 1 is 1.10 bits per heavy atom. The number of rotatable bonds is 5. The fourth-order valence-electron chi connectivity index (χ4n) is 3.59. The Kier molecular flexibility index (Phi) is 6.28. The van der Waals surface area contributed by atoms with E-state index >= 15 is 0 Å². The van der Waals surface area contributed by atoms with Crippen LogP contribution in [0.1, 0.15) is 11.1 Å². The normalized spacial score (nSPS) is 14.2. The smallest absolute Gasteiger partial charge is 0.339 e. The molecule has 0 spiro atoms. The summed E-state index contributed by atoms with van der Waals surface area (Å²) >= 11 is 0. The van der Waals surface area contributed by atoms with Gasteiger partial charge in [0, 0.05) is 41.4 Å². The maximum atomic E-state index is 12.7. The van der Waals surface area contributed by atoms with Gasteiger partial charge < -0.3 is 19.5 Å². The number of carbonyl (C=O) groups excluding carboxylic acids is 2. The Bertz CT molecular complexity index is 1120. The summed E-state index contributed by atoms with van der Waals surface area (Å²) in [5.74, 6) is 0.0586. The van der Waals surface area contributed by atoms with Gasteiger partial charge in [0.15, 0.2) is 0 Å². The summed E-state index contributed by atoms with van der Waals surface area (Å²) < 4.78 is 7.24. The molecule has 0 unspecified atom stereocenters. The third kappa shape index (κ3) is 4.92. The van der Waals surface area contributed by atoms with E-state index in [1.807, 2.05) is 71.1 Å². The van der Waals surface area contributed by atoms with Crippen LogP contribution in [0.5, 0.6) is 0 Å². The number of hydrogen-bond acceptors (Lipinski definition) is 4. The van der Waals surface area contributed by atoms with Crippen LogP contribution in [0.25, 0.3) is 10.9 Å². The van der Waals surface area contributed by atoms with Gasteiger partial charge >= 0.3 is 6.03 Å². The van der Waals surface area contributed by atoms with Gasteiger partial charge in [0.05, 0.1) is 19.4 Å². The molecule has 160 valence electrons. The standard InChI is InChI=1S/C23H25N5O3/c1-17-6-2-4-8-20(17)25-23(30)26-24-14-18-15-28(21-9-5-3-7-19(18)21)16-22(29)27-10-12-31-13-11-27/h2-9,14-15H,10-13,16H2,1H3,(H2,25,26,30)/b24-14+. The summed E-state index contributed by atoms with van der Waals surface area (Å²) in [7, 11) is 0. The van der Waals surface area contributed by atoms with Crippen LogP contribution in [0.2, 0.25) is 0 Å². The number of benzene rings is 2. The van der Waals surface area contributed by atoms with Crippen LogP contribution in [0, 0.1) is 6.92 Å². The monoisotopic (exact) mass is 419 g/mol. The second kappa shape index (κ2) is 9.44. The molecule has 0 aliphatic carbocycles. The molecule has 2 heterocycles. The molecule has 0 saturated carbocycles. The quantitative estimate of drug-likeness (QED) is 0.492. The van der Waals surface area contributed by atoms with E-state index in [-0.39, 0.29) is 12.5 Å². The van der Waals surface area contributed by atoms with Gasteiger partial charge in [-0.1, -0.05) is 36.4 Å². The molecule has 0 bridgehead atoms. The van der Waals surface area contributed by atoms with E-state index < -0.39 is 6.03 Å². The molecule has 1 aromatic heterocycles. The zero-order chi connectivity index (χ0) is 21.6. The Labute approximate surface area is 180 Å². The van der Waals surface area contributed by atoms with Crippen molar-refractivity contribution >= 4 is 34.7 Å². The number of urea groups is 1. The molecule has 2 N–H and O–H groups in total. The van der Waals surface area contributed by atoms with Crippen molar-refractivity contribution in [2.45, 2.75) is 13.5 Å². The second-order valence-corrected chi connectivity index (χ2v) is 7.36. The third-order valence-electron chi connectivity index (χ3n) is 5.25. The van der Waals surface area contributed by atoms with Gasteiger partial charge in [0.2, 0.25) is 5.91 Å². The number of anilines is 1. The minimum Gasteiger partial charge on any atom is -0.378 e. The fraction of sp³-hybridized carbons (Fsp3) is 0.261. The van der Waals surface area contributed by atoms with Crippen molar-refractivity contribution in [3.63, 3.8) is 0 Å². The Morgan fingerprint density at radius 2 is 1.84 bits per heavy atom. The minimum absolute atomic E-state index is 0.0586. The predicted octanol–water partition coefficient (Wildman–Crippen LogP) is 2.96. The molecule has 1 saturated heterocycles. The summed E-state index contributed by atoms with van der Waals surface area (Å²) in [4.78, 5) is 26.6. The Morgan fingerprint density at radius 3 is 2.65 bits per heavy atom. The summed E-state index contributed by atoms with van der Waals surface area (Å²) in [6.07, 6.45) is 3.48. The van der Waals surface area contributed by atoms with Crippen molar-refractivity contribution in [3.05, 3.63) is 65.9 Å². The van der Waals surface area contributed by atoms with Crippen LogP contribution in [0.3, 0.4) is 0 Å². The van der Waals surface area contributed by atoms with Crippen LogP contribution in [0.15, 0.2) is 59.8 Å². The lowest BCUT2D eigenvalue weighted by Gasteiger charge is -2.27. The summed E-state index contributed by atoms with van der Waals surface area (Å²) in [5.41, 5.74) is 5.95. The molecule has 8 heteroatoms. The van der Waals surface area contributed by atoms with Crippen LogP contribution in [-0.2, 0) is 16.1 Å². The van der Waals surface area contributed by atoms with Crippen LogP contribution in [0.4, 0.5) is 10.5 Å². The third-order valence-corrected chi connectivity index (χ3v) is 5.25. The van der Waals surface area contributed by atoms with E-state index in [0.717, 1.165) is 27.7 Å². The van der Waals surface area contributed by atoms with Crippen molar-refractivity contribution in [1.82, 2.24) is 14.9 Å². The first-order valence-electron chi connectivity index (χ1n) is 10.2. The lowest BCUT2D eigenvalue weighted by molar-refractivity contribution is -0.135. The number of morpholine rings is 1. The topological polar surface area (TPSA) is 88.0 Å². The highest BCUT2D eigenvalue weighted by atomic mass is 16.5. The highest BCUT2D eigenvalue weighted by Gasteiger charge is 2.18. The molecule has 3 amide bonds. The number of nitrogens with one attached hydrogen (secondary N) is 2. The van der Waals surface area contributed by atoms with Crippen LogP contribution < -0.4 is 10.7 Å². The number of aryl methyl sites for hydroxylation is 1. The molecule has 0 radical (unpaired) electrons. The average Bonchev–Trinajstić information content (AvgIpc) is 3.13. The molecule has 31 heavy (non-hydrogen) atoms. The van der Waals surface area contributed by atoms with Gasteiger partial charge in [-0.15, -0.1) is 0 Å². The van der Waals surface area contributed by atoms with Crippen molar-refractivity contribution in [1.29, 1.82) is 0 Å². The Hall–Kier alpha value is -3.65. The van der Waals surface area contributed by atoms with Crippen molar-refractivity contribution in [3.8, 4) is 0 Å². The zero-order valence-electron chi connectivity index (χ0n) is 17.4. The molecule has 3 aromatic rings. The van der Waals surface area contributed by atoms with Gasteiger partial charge in [0.25, 0.3) is 0 Å². The maximum absolute atomic E-state index is 12.7. The molecule has 1 aliphatic heterocycles. The molecule has 4 rings (SSSR count). The number of hydrazone groups is 1. The van der Waals surface area contributed by atoms with Gasteiger partial charge in [-0.3, -0.25) is 4.79 Å². The number of ether oxygens (including phenoxy) is 1. The molecule has 1 aliphatic rings. The molecular weight excluding hydrogens is 394 g/mol. The van der Waals surface area contributed by atoms with E-state index in [4.69, 9.17) is 4.74 Å². The number of fused-ring (bicyclic) bond motifs is 1.